The SMILES string of the molecule is Cc1cc(N(CCCN(C)C)CCC(=O)O)no1. The standard InChI is InChI=1S/C12H21N3O3/c1-10-9-11(13-18-10)15(8-5-12(16)17)7-4-6-14(2)3/h9H,4-8H2,1-3H3,(H,16,17). The molecule has 1 N–H and O–H groups in total. The van der Waals surface area contributed by atoms with Crippen molar-refractivity contribution in [1.82, 2.24) is 10.1 Å². The van der Waals surface area contributed by atoms with Gasteiger partial charge in [-0.1, -0.05) is 5.16 Å². The number of aliphatic carboxylic acids is 1. The van der Waals surface area contributed by atoms with Crippen LogP contribution in [0.4, 0.5) is 5.82 Å². The monoisotopic (exact) mass is 255 g/mol. The van der Waals surface area contributed by atoms with Gasteiger partial charge in [0, 0.05) is 19.2 Å². The Kier molecular flexibility index (Phi) is 5.64. The van der Waals surface area contributed by atoms with E-state index in [0.29, 0.717) is 12.4 Å². The van der Waals surface area contributed by atoms with E-state index >= 15 is 0 Å². The second-order valence-electron chi connectivity index (χ2n) is 4.58. The van der Waals surface area contributed by atoms with Crippen molar-refractivity contribution < 1.29 is 14.4 Å². The van der Waals surface area contributed by atoms with Gasteiger partial charge >= 0.3 is 5.97 Å². The Hall–Kier alpha value is -1.56. The first-order chi connectivity index (χ1) is 8.49. The van der Waals surface area contributed by atoms with Crippen molar-refractivity contribution in [3.05, 3.63) is 11.8 Å². The van der Waals surface area contributed by atoms with Crippen LogP contribution in [-0.4, -0.2) is 54.9 Å². The number of rotatable bonds is 8. The zero-order valence-electron chi connectivity index (χ0n) is 11.2. The predicted molar refractivity (Wildman–Crippen MR) is 68.9 cm³/mol. The van der Waals surface area contributed by atoms with E-state index in [1.165, 1.54) is 0 Å². The molecule has 0 unspecified atom stereocenters. The summed E-state index contributed by atoms with van der Waals surface area (Å²) >= 11 is 0. The molecule has 0 aliphatic heterocycles. The number of anilines is 1. The second-order valence-corrected chi connectivity index (χ2v) is 4.58. The summed E-state index contributed by atoms with van der Waals surface area (Å²) in [5.74, 6) is 0.651. The lowest BCUT2D eigenvalue weighted by Crippen LogP contribution is -2.29. The van der Waals surface area contributed by atoms with E-state index < -0.39 is 5.97 Å². The largest absolute Gasteiger partial charge is 0.481 e. The van der Waals surface area contributed by atoms with Crippen molar-refractivity contribution in [2.45, 2.75) is 19.8 Å². The van der Waals surface area contributed by atoms with Gasteiger partial charge in [0.1, 0.15) is 5.76 Å². The molecule has 6 nitrogen and oxygen atoms in total. The second kappa shape index (κ2) is 7.00. The van der Waals surface area contributed by atoms with Crippen LogP contribution in [0.25, 0.3) is 0 Å². The normalized spacial score (nSPS) is 10.9. The molecule has 0 aliphatic carbocycles. The average Bonchev–Trinajstić information content (AvgIpc) is 2.69. The number of carbonyl (C=O) groups is 1. The number of carboxylic acids is 1. The summed E-state index contributed by atoms with van der Waals surface area (Å²) in [4.78, 5) is 14.7. The maximum atomic E-state index is 10.6. The van der Waals surface area contributed by atoms with Crippen LogP contribution in [0.2, 0.25) is 0 Å². The number of aromatic nitrogens is 1. The molecule has 0 spiro atoms. The van der Waals surface area contributed by atoms with Gasteiger partial charge in [0.2, 0.25) is 0 Å². The molecule has 0 bridgehead atoms. The van der Waals surface area contributed by atoms with Crippen LogP contribution in [0.5, 0.6) is 0 Å². The summed E-state index contributed by atoms with van der Waals surface area (Å²) in [6.07, 6.45) is 1.06. The number of hydrogen-bond donors (Lipinski definition) is 1. The minimum absolute atomic E-state index is 0.105. The van der Waals surface area contributed by atoms with Crippen LogP contribution in [0.3, 0.4) is 0 Å². The van der Waals surface area contributed by atoms with Crippen LogP contribution in [0, 0.1) is 6.92 Å². The van der Waals surface area contributed by atoms with Gasteiger partial charge < -0.3 is 19.4 Å². The van der Waals surface area contributed by atoms with Crippen molar-refractivity contribution in [3.63, 3.8) is 0 Å². The molecule has 0 atom stereocenters. The van der Waals surface area contributed by atoms with Gasteiger partial charge in [-0.05, 0) is 34.0 Å². The molecule has 0 aliphatic rings. The fourth-order valence-corrected chi connectivity index (χ4v) is 1.65. The van der Waals surface area contributed by atoms with Crippen LogP contribution in [-0.2, 0) is 4.79 Å². The molecule has 18 heavy (non-hydrogen) atoms. The zero-order chi connectivity index (χ0) is 13.5. The summed E-state index contributed by atoms with van der Waals surface area (Å²) in [6, 6.07) is 1.83. The molecular weight excluding hydrogens is 234 g/mol. The lowest BCUT2D eigenvalue weighted by molar-refractivity contribution is -0.136. The molecule has 102 valence electrons. The molecule has 0 amide bonds. The number of carboxylic acid groups (broad SMARTS) is 1. The molecule has 0 saturated carbocycles. The summed E-state index contributed by atoms with van der Waals surface area (Å²) in [5.41, 5.74) is 0. The molecule has 1 heterocycles. The Morgan fingerprint density at radius 2 is 2.11 bits per heavy atom. The van der Waals surface area contributed by atoms with Crippen molar-refractivity contribution in [3.8, 4) is 0 Å². The molecule has 0 saturated heterocycles. The highest BCUT2D eigenvalue weighted by Crippen LogP contribution is 2.14. The van der Waals surface area contributed by atoms with E-state index in [9.17, 15) is 4.79 Å². The van der Waals surface area contributed by atoms with Gasteiger partial charge in [-0.25, -0.2) is 0 Å². The topological polar surface area (TPSA) is 69.8 Å². The van der Waals surface area contributed by atoms with E-state index in [4.69, 9.17) is 9.63 Å². The molecule has 0 radical (unpaired) electrons. The van der Waals surface area contributed by atoms with Gasteiger partial charge in [0.15, 0.2) is 5.82 Å². The van der Waals surface area contributed by atoms with E-state index in [1.54, 1.807) is 0 Å². The molecule has 0 fully saturated rings. The van der Waals surface area contributed by atoms with Gasteiger partial charge in [0.05, 0.1) is 6.42 Å². The van der Waals surface area contributed by atoms with E-state index in [0.717, 1.165) is 25.3 Å². The van der Waals surface area contributed by atoms with Crippen LogP contribution < -0.4 is 4.90 Å². The molecule has 1 aromatic rings. The Balaban J connectivity index is 2.54. The van der Waals surface area contributed by atoms with E-state index in [1.807, 2.05) is 32.0 Å². The minimum Gasteiger partial charge on any atom is -0.481 e. The van der Waals surface area contributed by atoms with Crippen LogP contribution in [0.15, 0.2) is 10.6 Å². The summed E-state index contributed by atoms with van der Waals surface area (Å²) in [7, 11) is 4.03. The highest BCUT2D eigenvalue weighted by Gasteiger charge is 2.12. The summed E-state index contributed by atoms with van der Waals surface area (Å²) in [5, 5.41) is 12.7. The smallest absolute Gasteiger partial charge is 0.305 e. The quantitative estimate of drug-likeness (QED) is 0.753. The average molecular weight is 255 g/mol. The molecule has 1 aromatic heterocycles. The lowest BCUT2D eigenvalue weighted by atomic mass is 10.3. The molecule has 6 heteroatoms. The fraction of sp³-hybridized carbons (Fsp3) is 0.667. The first-order valence-electron chi connectivity index (χ1n) is 6.04. The lowest BCUT2D eigenvalue weighted by Gasteiger charge is -2.21. The molecule has 0 aromatic carbocycles. The molecule has 1 rings (SSSR count). The van der Waals surface area contributed by atoms with Crippen molar-refractivity contribution >= 4 is 11.8 Å². The summed E-state index contributed by atoms with van der Waals surface area (Å²) in [6.45, 7) is 4.01. The molecular formula is C12H21N3O3. The predicted octanol–water partition coefficient (Wildman–Crippen LogP) is 1.22. The Labute approximate surface area is 107 Å². The van der Waals surface area contributed by atoms with E-state index in [2.05, 4.69) is 10.1 Å². The third-order valence-corrected chi connectivity index (χ3v) is 2.57. The maximum absolute atomic E-state index is 10.6. The van der Waals surface area contributed by atoms with Crippen molar-refractivity contribution in [1.29, 1.82) is 0 Å². The van der Waals surface area contributed by atoms with E-state index in [-0.39, 0.29) is 6.42 Å². The van der Waals surface area contributed by atoms with Gasteiger partial charge in [-0.15, -0.1) is 0 Å². The Morgan fingerprint density at radius 1 is 1.39 bits per heavy atom. The van der Waals surface area contributed by atoms with Crippen molar-refractivity contribution in [2.75, 3.05) is 38.6 Å². The van der Waals surface area contributed by atoms with Crippen molar-refractivity contribution in [2.24, 2.45) is 0 Å². The first-order valence-corrected chi connectivity index (χ1v) is 6.04. The van der Waals surface area contributed by atoms with Gasteiger partial charge in [-0.2, -0.15) is 0 Å². The third kappa shape index (κ3) is 5.18. The number of aryl methyl sites for hydroxylation is 1. The summed E-state index contributed by atoms with van der Waals surface area (Å²) < 4.78 is 5.03. The minimum atomic E-state index is -0.798. The number of hydrogen-bond acceptors (Lipinski definition) is 5. The van der Waals surface area contributed by atoms with Gasteiger partial charge in [-0.3, -0.25) is 4.79 Å². The Bertz CT molecular complexity index is 376. The van der Waals surface area contributed by atoms with Crippen LogP contribution >= 0.6 is 0 Å². The van der Waals surface area contributed by atoms with Crippen LogP contribution in [0.1, 0.15) is 18.6 Å². The van der Waals surface area contributed by atoms with Gasteiger partial charge in [0.25, 0.3) is 0 Å². The Morgan fingerprint density at radius 3 is 2.61 bits per heavy atom. The third-order valence-electron chi connectivity index (χ3n) is 2.57. The highest BCUT2D eigenvalue weighted by atomic mass is 16.5. The first kappa shape index (κ1) is 14.5. The maximum Gasteiger partial charge on any atom is 0.305 e. The highest BCUT2D eigenvalue weighted by molar-refractivity contribution is 5.67. The number of nitrogens with zero attached hydrogens (tertiary/aromatic N) is 3. The zero-order valence-corrected chi connectivity index (χ0v) is 11.2. The fourth-order valence-electron chi connectivity index (χ4n) is 1.65.